The molecule has 1 aromatic heterocycles. The summed E-state index contributed by atoms with van der Waals surface area (Å²) in [5, 5.41) is 3.04. The summed E-state index contributed by atoms with van der Waals surface area (Å²) in [4.78, 5) is 4.00. The number of hydrogen-bond donors (Lipinski definition) is 1. The zero-order valence-corrected chi connectivity index (χ0v) is 10.4. The van der Waals surface area contributed by atoms with Gasteiger partial charge in [-0.2, -0.15) is 0 Å². The molecule has 0 atom stereocenters. The average molecular weight is 266 g/mol. The van der Waals surface area contributed by atoms with Gasteiger partial charge in [0.2, 0.25) is 0 Å². The Bertz CT molecular complexity index is 562. The van der Waals surface area contributed by atoms with Crippen molar-refractivity contribution in [3.63, 3.8) is 0 Å². The zero-order chi connectivity index (χ0) is 13.8. The molecule has 0 saturated heterocycles. The van der Waals surface area contributed by atoms with Crippen LogP contribution < -0.4 is 5.32 Å². The van der Waals surface area contributed by atoms with Crippen molar-refractivity contribution in [3.8, 4) is 0 Å². The van der Waals surface area contributed by atoms with Crippen LogP contribution in [-0.2, 0) is 13.1 Å². The number of benzene rings is 1. The lowest BCUT2D eigenvalue weighted by Crippen LogP contribution is -2.14. The molecule has 0 saturated carbocycles. The van der Waals surface area contributed by atoms with Crippen LogP contribution >= 0.6 is 0 Å². The molecular weight excluding hydrogens is 253 g/mol. The fraction of sp³-hybridized carbons (Fsp3) is 0.214. The van der Waals surface area contributed by atoms with Crippen molar-refractivity contribution < 1.29 is 13.2 Å². The topological polar surface area (TPSA) is 24.9 Å². The molecule has 2 rings (SSSR count). The van der Waals surface area contributed by atoms with E-state index in [1.165, 1.54) is 0 Å². The highest BCUT2D eigenvalue weighted by Crippen LogP contribution is 2.13. The molecule has 0 unspecified atom stereocenters. The van der Waals surface area contributed by atoms with Crippen molar-refractivity contribution in [2.75, 3.05) is 0 Å². The van der Waals surface area contributed by atoms with Crippen molar-refractivity contribution >= 4 is 0 Å². The van der Waals surface area contributed by atoms with Gasteiger partial charge >= 0.3 is 0 Å². The second-order valence-electron chi connectivity index (χ2n) is 4.28. The van der Waals surface area contributed by atoms with Gasteiger partial charge in [-0.1, -0.05) is 0 Å². The quantitative estimate of drug-likeness (QED) is 0.860. The lowest BCUT2D eigenvalue weighted by atomic mass is 10.1. The second-order valence-corrected chi connectivity index (χ2v) is 4.28. The van der Waals surface area contributed by atoms with Crippen molar-refractivity contribution in [2.24, 2.45) is 0 Å². The Morgan fingerprint density at radius 3 is 2.42 bits per heavy atom. The van der Waals surface area contributed by atoms with E-state index in [-0.39, 0.29) is 6.54 Å². The Morgan fingerprint density at radius 1 is 1.11 bits per heavy atom. The van der Waals surface area contributed by atoms with Crippen LogP contribution in [0.3, 0.4) is 0 Å². The molecule has 2 aromatic rings. The Balaban J connectivity index is 1.98. The van der Waals surface area contributed by atoms with Crippen molar-refractivity contribution in [3.05, 3.63) is 64.7 Å². The first kappa shape index (κ1) is 13.5. The predicted molar refractivity (Wildman–Crippen MR) is 65.8 cm³/mol. The summed E-state index contributed by atoms with van der Waals surface area (Å²) in [6, 6.07) is 3.86. The second kappa shape index (κ2) is 5.84. The van der Waals surface area contributed by atoms with Gasteiger partial charge in [0.05, 0.1) is 0 Å². The predicted octanol–water partition coefficient (Wildman–Crippen LogP) is 3.10. The molecule has 100 valence electrons. The molecule has 1 N–H and O–H groups in total. The third kappa shape index (κ3) is 3.32. The Morgan fingerprint density at radius 2 is 1.79 bits per heavy atom. The van der Waals surface area contributed by atoms with Crippen LogP contribution in [0.5, 0.6) is 0 Å². The Hall–Kier alpha value is -1.88. The van der Waals surface area contributed by atoms with Crippen LogP contribution in [0.4, 0.5) is 13.2 Å². The molecule has 0 radical (unpaired) electrons. The van der Waals surface area contributed by atoms with Crippen molar-refractivity contribution in [2.45, 2.75) is 20.0 Å². The third-order valence-corrected chi connectivity index (χ3v) is 2.84. The maximum absolute atomic E-state index is 13.0. The molecule has 0 spiro atoms. The summed E-state index contributed by atoms with van der Waals surface area (Å²) >= 11 is 0. The molecule has 0 bridgehead atoms. The normalized spacial score (nSPS) is 10.7. The molecule has 0 aliphatic rings. The van der Waals surface area contributed by atoms with Gasteiger partial charge in [-0.25, -0.2) is 13.2 Å². The molecule has 5 heteroatoms. The van der Waals surface area contributed by atoms with Crippen molar-refractivity contribution in [1.29, 1.82) is 0 Å². The molecule has 19 heavy (non-hydrogen) atoms. The molecule has 0 aliphatic heterocycles. The van der Waals surface area contributed by atoms with Gasteiger partial charge in [0.1, 0.15) is 0 Å². The average Bonchev–Trinajstić information content (AvgIpc) is 2.38. The van der Waals surface area contributed by atoms with E-state index in [1.807, 2.05) is 13.0 Å². The van der Waals surface area contributed by atoms with Crippen LogP contribution in [0, 0.1) is 24.4 Å². The van der Waals surface area contributed by atoms with Gasteiger partial charge in [0.15, 0.2) is 17.5 Å². The molecule has 2 nitrogen and oxygen atoms in total. The van der Waals surface area contributed by atoms with E-state index in [1.54, 1.807) is 12.4 Å². The van der Waals surface area contributed by atoms with E-state index in [0.29, 0.717) is 12.1 Å². The first-order valence-electron chi connectivity index (χ1n) is 5.81. The zero-order valence-electron chi connectivity index (χ0n) is 10.4. The minimum absolute atomic E-state index is 0.252. The summed E-state index contributed by atoms with van der Waals surface area (Å²) in [5.74, 6) is -3.78. The van der Waals surface area contributed by atoms with Gasteiger partial charge < -0.3 is 5.32 Å². The van der Waals surface area contributed by atoms with Gasteiger partial charge in [0.25, 0.3) is 0 Å². The van der Waals surface area contributed by atoms with Crippen molar-refractivity contribution in [1.82, 2.24) is 10.3 Å². The highest BCUT2D eigenvalue weighted by molar-refractivity contribution is 5.22. The molecule has 1 aromatic carbocycles. The van der Waals surface area contributed by atoms with E-state index in [4.69, 9.17) is 0 Å². The summed E-state index contributed by atoms with van der Waals surface area (Å²) in [6.07, 6.45) is 3.43. The fourth-order valence-electron chi connectivity index (χ4n) is 1.73. The maximum Gasteiger partial charge on any atom is 0.194 e. The van der Waals surface area contributed by atoms with Crippen LogP contribution in [0.2, 0.25) is 0 Å². The molecule has 0 amide bonds. The van der Waals surface area contributed by atoms with Crippen LogP contribution in [0.1, 0.15) is 16.7 Å². The third-order valence-electron chi connectivity index (χ3n) is 2.84. The van der Waals surface area contributed by atoms with E-state index in [0.717, 1.165) is 23.3 Å². The number of aromatic nitrogens is 1. The smallest absolute Gasteiger partial charge is 0.194 e. The van der Waals surface area contributed by atoms with Crippen LogP contribution in [0.25, 0.3) is 0 Å². The number of rotatable bonds is 4. The van der Waals surface area contributed by atoms with E-state index in [2.05, 4.69) is 10.3 Å². The number of hydrogen-bond acceptors (Lipinski definition) is 2. The number of pyridine rings is 1. The summed E-state index contributed by atoms with van der Waals surface area (Å²) < 4.78 is 38.8. The molecule has 0 aliphatic carbocycles. The standard InChI is InChI=1S/C14H13F3N2/c1-9-2-3-18-7-11(9)8-19-6-10-4-12(15)14(17)13(16)5-10/h2-5,7,19H,6,8H2,1H3. The molecular formula is C14H13F3N2. The van der Waals surface area contributed by atoms with Gasteiger partial charge in [-0.05, 0) is 41.8 Å². The van der Waals surface area contributed by atoms with Gasteiger partial charge in [0, 0.05) is 25.5 Å². The number of nitrogens with zero attached hydrogens (tertiary/aromatic N) is 1. The first-order chi connectivity index (χ1) is 9.08. The first-order valence-corrected chi connectivity index (χ1v) is 5.81. The SMILES string of the molecule is Cc1ccncc1CNCc1cc(F)c(F)c(F)c1. The molecule has 0 fully saturated rings. The lowest BCUT2D eigenvalue weighted by Gasteiger charge is -2.08. The van der Waals surface area contributed by atoms with E-state index in [9.17, 15) is 13.2 Å². The minimum atomic E-state index is -1.44. The molecule has 1 heterocycles. The summed E-state index contributed by atoms with van der Waals surface area (Å²) in [7, 11) is 0. The van der Waals surface area contributed by atoms with Crippen LogP contribution in [0.15, 0.2) is 30.6 Å². The number of nitrogens with one attached hydrogen (secondary N) is 1. The fourth-order valence-corrected chi connectivity index (χ4v) is 1.73. The van der Waals surface area contributed by atoms with E-state index >= 15 is 0 Å². The van der Waals surface area contributed by atoms with Gasteiger partial charge in [-0.15, -0.1) is 0 Å². The number of aryl methyl sites for hydroxylation is 1. The Labute approximate surface area is 109 Å². The van der Waals surface area contributed by atoms with Gasteiger partial charge in [-0.3, -0.25) is 4.98 Å². The van der Waals surface area contributed by atoms with Crippen LogP contribution in [-0.4, -0.2) is 4.98 Å². The minimum Gasteiger partial charge on any atom is -0.309 e. The monoisotopic (exact) mass is 266 g/mol. The lowest BCUT2D eigenvalue weighted by molar-refractivity contribution is 0.444. The largest absolute Gasteiger partial charge is 0.309 e. The maximum atomic E-state index is 13.0. The Kier molecular flexibility index (Phi) is 4.16. The van der Waals surface area contributed by atoms with E-state index < -0.39 is 17.5 Å². The number of halogens is 3. The summed E-state index contributed by atoms with van der Waals surface area (Å²) in [6.45, 7) is 2.73. The summed E-state index contributed by atoms with van der Waals surface area (Å²) in [5.41, 5.74) is 2.45. The highest BCUT2D eigenvalue weighted by Gasteiger charge is 2.10. The highest BCUT2D eigenvalue weighted by atomic mass is 19.2.